The zero-order valence-corrected chi connectivity index (χ0v) is 16.3. The Kier molecular flexibility index (Phi) is 7.14. The van der Waals surface area contributed by atoms with E-state index in [0.717, 1.165) is 63.0 Å². The summed E-state index contributed by atoms with van der Waals surface area (Å²) in [6, 6.07) is 8.03. The monoisotopic (exact) mass is 384 g/mol. The van der Waals surface area contributed by atoms with Crippen LogP contribution in [0, 0.1) is 0 Å². The van der Waals surface area contributed by atoms with Crippen molar-refractivity contribution in [2.24, 2.45) is 0 Å². The lowest BCUT2D eigenvalue weighted by Gasteiger charge is -2.45. The molecule has 6 heteroatoms. The van der Waals surface area contributed by atoms with Gasteiger partial charge in [0.05, 0.1) is 19.1 Å². The molecular weight excluding hydrogens is 354 g/mol. The van der Waals surface area contributed by atoms with Gasteiger partial charge in [-0.2, -0.15) is 0 Å². The number of rotatable bonds is 5. The fraction of sp³-hybridized carbons (Fsp3) is 0.455. The number of amides is 2. The molecule has 0 bridgehead atoms. The first kappa shape index (κ1) is 20.5. The van der Waals surface area contributed by atoms with Crippen molar-refractivity contribution in [3.05, 3.63) is 47.5 Å². The van der Waals surface area contributed by atoms with E-state index in [1.54, 1.807) is 17.6 Å². The molecule has 0 unspecified atom stereocenters. The summed E-state index contributed by atoms with van der Waals surface area (Å²) in [6.07, 6.45) is 12.1. The smallest absolute Gasteiger partial charge is 0.316 e. The van der Waals surface area contributed by atoms with E-state index in [9.17, 15) is 9.59 Å². The molecule has 150 valence electrons. The van der Waals surface area contributed by atoms with E-state index in [-0.39, 0.29) is 5.91 Å². The third-order valence-electron chi connectivity index (χ3n) is 5.93. The second kappa shape index (κ2) is 9.78. The van der Waals surface area contributed by atoms with Crippen LogP contribution in [0.4, 0.5) is 0 Å². The third-order valence-corrected chi connectivity index (χ3v) is 5.93. The van der Waals surface area contributed by atoms with E-state index in [0.29, 0.717) is 10.5 Å². The van der Waals surface area contributed by atoms with Gasteiger partial charge in [0, 0.05) is 38.1 Å². The maximum Gasteiger partial charge on any atom is 0.338 e. The molecule has 0 spiro atoms. The van der Waals surface area contributed by atoms with E-state index < -0.39 is 5.91 Å². The molecule has 2 fully saturated rings. The average Bonchev–Trinajstić information content (AvgIpc) is 2.77. The number of nitrogens with one attached hydrogen (secondary N) is 2. The Morgan fingerprint density at radius 2 is 1.68 bits per heavy atom. The summed E-state index contributed by atoms with van der Waals surface area (Å²) in [5, 5.41) is 12.0. The number of carbonyl (C=O) groups excluding carboxylic acids is 2. The molecule has 0 radical (unpaired) electrons. The Labute approximate surface area is 166 Å². The molecule has 0 aromatic heterocycles. The van der Waals surface area contributed by atoms with Crippen LogP contribution in [0.3, 0.4) is 0 Å². The first-order valence-corrected chi connectivity index (χ1v) is 10.2. The summed E-state index contributed by atoms with van der Waals surface area (Å²) in [4.78, 5) is 24.4. The van der Waals surface area contributed by atoms with Gasteiger partial charge in [-0.25, -0.2) is 10.3 Å². The standard InChI is InChI=1S/C22H29N3O3/c26-21(24-28)9-7-18-5-4-6-19(17-18)8-10-22(27)25(15-2-1-3-16-25)20-11-13-23-14-12-20/h4-10,17,20,23H,1-3,11-16H2,(H-,24,26,28)/p+1/b9-7+,10-8+. The van der Waals surface area contributed by atoms with Gasteiger partial charge in [-0.15, -0.1) is 0 Å². The minimum atomic E-state index is -0.574. The van der Waals surface area contributed by atoms with Gasteiger partial charge < -0.3 is 5.32 Å². The van der Waals surface area contributed by atoms with Crippen molar-refractivity contribution in [2.45, 2.75) is 38.1 Å². The quantitative estimate of drug-likeness (QED) is 0.315. The zero-order chi connectivity index (χ0) is 19.8. The molecule has 3 rings (SSSR count). The Bertz CT molecular complexity index is 745. The second-order valence-electron chi connectivity index (χ2n) is 7.67. The minimum Gasteiger partial charge on any atom is -0.316 e. The number of carbonyl (C=O) groups is 2. The summed E-state index contributed by atoms with van der Waals surface area (Å²) in [5.74, 6) is -0.359. The van der Waals surface area contributed by atoms with Gasteiger partial charge >= 0.3 is 5.91 Å². The molecule has 2 heterocycles. The van der Waals surface area contributed by atoms with E-state index in [1.165, 1.54) is 12.5 Å². The number of quaternary nitrogens is 1. The molecule has 0 saturated carbocycles. The molecule has 2 aliphatic heterocycles. The van der Waals surface area contributed by atoms with Gasteiger partial charge in [0.2, 0.25) is 0 Å². The Hall–Kier alpha value is -2.28. The van der Waals surface area contributed by atoms with E-state index in [2.05, 4.69) is 5.32 Å². The first-order chi connectivity index (χ1) is 13.6. The van der Waals surface area contributed by atoms with Gasteiger partial charge in [0.1, 0.15) is 0 Å². The number of benzene rings is 1. The molecule has 1 aromatic rings. The highest BCUT2D eigenvalue weighted by Gasteiger charge is 2.43. The number of likely N-dealkylation sites (tertiary alicyclic amines) is 1. The van der Waals surface area contributed by atoms with Crippen LogP contribution in [0.1, 0.15) is 43.2 Å². The third kappa shape index (κ3) is 4.95. The maximum absolute atomic E-state index is 13.3. The molecule has 3 N–H and O–H groups in total. The van der Waals surface area contributed by atoms with E-state index >= 15 is 0 Å². The van der Waals surface area contributed by atoms with Crippen molar-refractivity contribution in [2.75, 3.05) is 26.2 Å². The van der Waals surface area contributed by atoms with Gasteiger partial charge in [-0.1, -0.05) is 18.2 Å². The minimum absolute atomic E-state index is 0.215. The number of nitrogens with zero attached hydrogens (tertiary/aromatic N) is 1. The molecule has 6 nitrogen and oxygen atoms in total. The lowest BCUT2D eigenvalue weighted by molar-refractivity contribution is -0.883. The molecule has 0 aliphatic carbocycles. The molecule has 2 saturated heterocycles. The van der Waals surface area contributed by atoms with Crippen LogP contribution in [-0.2, 0) is 9.59 Å². The normalized spacial score (nSPS) is 20.5. The van der Waals surface area contributed by atoms with Crippen LogP contribution in [0.25, 0.3) is 12.2 Å². The Balaban J connectivity index is 1.75. The van der Waals surface area contributed by atoms with Crippen LogP contribution in [0.2, 0.25) is 0 Å². The van der Waals surface area contributed by atoms with Crippen LogP contribution >= 0.6 is 0 Å². The molecule has 0 atom stereocenters. The zero-order valence-electron chi connectivity index (χ0n) is 16.3. The van der Waals surface area contributed by atoms with Crippen molar-refractivity contribution in [1.29, 1.82) is 0 Å². The summed E-state index contributed by atoms with van der Waals surface area (Å²) in [7, 11) is 0. The van der Waals surface area contributed by atoms with Crippen molar-refractivity contribution >= 4 is 24.0 Å². The number of piperidine rings is 2. The van der Waals surface area contributed by atoms with Crippen molar-refractivity contribution in [1.82, 2.24) is 10.8 Å². The number of hydrogen-bond donors (Lipinski definition) is 3. The molecule has 2 aliphatic rings. The number of hydrogen-bond acceptors (Lipinski definition) is 4. The summed E-state index contributed by atoms with van der Waals surface area (Å²) in [5.41, 5.74) is 3.32. The lowest BCUT2D eigenvalue weighted by atomic mass is 9.96. The molecule has 1 aromatic carbocycles. The average molecular weight is 385 g/mol. The predicted octanol–water partition coefficient (Wildman–Crippen LogP) is 2.50. The SMILES string of the molecule is O=C(/C=C/c1cccc(/C=C/C(=O)[N+]2(C3CCNCC3)CCCCC2)c1)NO. The predicted molar refractivity (Wildman–Crippen MR) is 109 cm³/mol. The number of hydroxylamine groups is 1. The lowest BCUT2D eigenvalue weighted by Crippen LogP contribution is -2.63. The summed E-state index contributed by atoms with van der Waals surface area (Å²) < 4.78 is 0.606. The van der Waals surface area contributed by atoms with Crippen LogP contribution in [-0.4, -0.2) is 53.7 Å². The largest absolute Gasteiger partial charge is 0.338 e. The van der Waals surface area contributed by atoms with Gasteiger partial charge in [-0.3, -0.25) is 14.5 Å². The first-order valence-electron chi connectivity index (χ1n) is 10.2. The van der Waals surface area contributed by atoms with Crippen LogP contribution in [0.15, 0.2) is 36.4 Å². The highest BCUT2D eigenvalue weighted by atomic mass is 16.5. The molecule has 28 heavy (non-hydrogen) atoms. The topological polar surface area (TPSA) is 78.4 Å². The van der Waals surface area contributed by atoms with Gasteiger partial charge in [0.25, 0.3) is 5.91 Å². The summed E-state index contributed by atoms with van der Waals surface area (Å²) in [6.45, 7) is 3.90. The Morgan fingerprint density at radius 3 is 2.32 bits per heavy atom. The highest BCUT2D eigenvalue weighted by Crippen LogP contribution is 2.29. The van der Waals surface area contributed by atoms with Crippen molar-refractivity contribution in [3.8, 4) is 0 Å². The van der Waals surface area contributed by atoms with Crippen molar-refractivity contribution < 1.29 is 19.3 Å². The maximum atomic E-state index is 13.3. The van der Waals surface area contributed by atoms with E-state index in [4.69, 9.17) is 5.21 Å². The van der Waals surface area contributed by atoms with Crippen LogP contribution < -0.4 is 10.8 Å². The molecular formula is C22H30N3O3+. The van der Waals surface area contributed by atoms with E-state index in [1.807, 2.05) is 30.3 Å². The van der Waals surface area contributed by atoms with Gasteiger partial charge in [-0.05, 0) is 48.6 Å². The fourth-order valence-electron chi connectivity index (χ4n) is 4.43. The second-order valence-corrected chi connectivity index (χ2v) is 7.67. The Morgan fingerprint density at radius 1 is 1.04 bits per heavy atom. The van der Waals surface area contributed by atoms with Gasteiger partial charge in [0.15, 0.2) is 0 Å². The summed E-state index contributed by atoms with van der Waals surface area (Å²) >= 11 is 0. The highest BCUT2D eigenvalue weighted by molar-refractivity contribution is 5.91. The molecule has 2 amide bonds. The van der Waals surface area contributed by atoms with Crippen LogP contribution in [0.5, 0.6) is 0 Å². The fourth-order valence-corrected chi connectivity index (χ4v) is 4.43. The van der Waals surface area contributed by atoms with Crippen molar-refractivity contribution in [3.63, 3.8) is 0 Å².